The van der Waals surface area contributed by atoms with E-state index < -0.39 is 10.0 Å². The SMILES string of the molecule is CN(C)c1cc(NS(C)(=O)=O)ccc1-n1cnc2ncnc-2n1. The maximum atomic E-state index is 11.4. The Hall–Kier alpha value is -2.75. The van der Waals surface area contributed by atoms with Crippen molar-refractivity contribution in [1.82, 2.24) is 24.7 Å². The average molecular weight is 333 g/mol. The number of anilines is 2. The first-order valence-corrected chi connectivity index (χ1v) is 8.54. The number of nitrogens with zero attached hydrogens (tertiary/aromatic N) is 6. The van der Waals surface area contributed by atoms with Gasteiger partial charge in [0.2, 0.25) is 21.7 Å². The predicted octanol–water partition coefficient (Wildman–Crippen LogP) is 0.600. The van der Waals surface area contributed by atoms with Gasteiger partial charge in [0.25, 0.3) is 0 Å². The van der Waals surface area contributed by atoms with Crippen LogP contribution in [0.2, 0.25) is 0 Å². The van der Waals surface area contributed by atoms with Gasteiger partial charge in [-0.25, -0.2) is 28.1 Å². The van der Waals surface area contributed by atoms with Crippen LogP contribution in [0.1, 0.15) is 0 Å². The molecule has 10 heteroatoms. The van der Waals surface area contributed by atoms with Crippen molar-refractivity contribution in [1.29, 1.82) is 0 Å². The molecule has 2 heterocycles. The van der Waals surface area contributed by atoms with E-state index in [1.54, 1.807) is 29.2 Å². The molecule has 2 aliphatic rings. The number of nitrogens with one attached hydrogen (secondary N) is 1. The molecular weight excluding hydrogens is 318 g/mol. The second kappa shape index (κ2) is 5.47. The normalized spacial score (nSPS) is 11.6. The van der Waals surface area contributed by atoms with Crippen LogP contribution in [-0.2, 0) is 10.0 Å². The van der Waals surface area contributed by atoms with E-state index in [0.29, 0.717) is 17.3 Å². The van der Waals surface area contributed by atoms with Crippen LogP contribution in [0.5, 0.6) is 0 Å². The minimum atomic E-state index is -3.34. The fraction of sp³-hybridized carbons (Fsp3) is 0.231. The molecule has 0 saturated heterocycles. The van der Waals surface area contributed by atoms with Gasteiger partial charge in [-0.05, 0) is 18.2 Å². The lowest BCUT2D eigenvalue weighted by atomic mass is 10.2. The quantitative estimate of drug-likeness (QED) is 0.745. The van der Waals surface area contributed by atoms with Gasteiger partial charge in [0, 0.05) is 14.1 Å². The van der Waals surface area contributed by atoms with Gasteiger partial charge in [0.1, 0.15) is 12.7 Å². The summed E-state index contributed by atoms with van der Waals surface area (Å²) in [5, 5.41) is 4.37. The van der Waals surface area contributed by atoms with Gasteiger partial charge in [0.15, 0.2) is 0 Å². The smallest absolute Gasteiger partial charge is 0.229 e. The summed E-state index contributed by atoms with van der Waals surface area (Å²) in [5.74, 6) is 0.915. The molecule has 0 spiro atoms. The van der Waals surface area contributed by atoms with Gasteiger partial charge in [0.05, 0.1) is 23.3 Å². The fourth-order valence-corrected chi connectivity index (χ4v) is 2.68. The van der Waals surface area contributed by atoms with Crippen LogP contribution in [0.15, 0.2) is 30.9 Å². The van der Waals surface area contributed by atoms with Crippen LogP contribution in [0.25, 0.3) is 17.3 Å². The van der Waals surface area contributed by atoms with Gasteiger partial charge < -0.3 is 4.90 Å². The van der Waals surface area contributed by atoms with Crippen molar-refractivity contribution < 1.29 is 8.42 Å². The Labute approximate surface area is 133 Å². The molecule has 0 radical (unpaired) electrons. The first-order chi connectivity index (χ1) is 10.8. The Bertz CT molecular complexity index is 920. The first-order valence-electron chi connectivity index (χ1n) is 6.65. The summed E-state index contributed by atoms with van der Waals surface area (Å²) in [4.78, 5) is 14.1. The Morgan fingerprint density at radius 2 is 1.87 bits per heavy atom. The van der Waals surface area contributed by atoms with Gasteiger partial charge in [-0.2, -0.15) is 0 Å². The van der Waals surface area contributed by atoms with Crippen LogP contribution in [-0.4, -0.2) is 53.5 Å². The number of rotatable bonds is 4. The molecule has 0 unspecified atom stereocenters. The Morgan fingerprint density at radius 1 is 1.13 bits per heavy atom. The van der Waals surface area contributed by atoms with E-state index in [0.717, 1.165) is 17.6 Å². The van der Waals surface area contributed by atoms with E-state index in [2.05, 4.69) is 24.8 Å². The van der Waals surface area contributed by atoms with Gasteiger partial charge >= 0.3 is 0 Å². The lowest BCUT2D eigenvalue weighted by molar-refractivity contribution is 0.607. The lowest BCUT2D eigenvalue weighted by Crippen LogP contribution is -2.16. The molecule has 1 N–H and O–H groups in total. The van der Waals surface area contributed by atoms with Crippen LogP contribution >= 0.6 is 0 Å². The number of hydrogen-bond donors (Lipinski definition) is 1. The van der Waals surface area contributed by atoms with Crippen LogP contribution in [0.3, 0.4) is 0 Å². The Kier molecular flexibility index (Phi) is 3.60. The highest BCUT2D eigenvalue weighted by atomic mass is 32.2. The zero-order valence-electron chi connectivity index (χ0n) is 12.8. The second-order valence-electron chi connectivity index (χ2n) is 5.18. The molecular formula is C13H15N7O2S. The van der Waals surface area contributed by atoms with Crippen LogP contribution in [0.4, 0.5) is 11.4 Å². The summed E-state index contributed by atoms with van der Waals surface area (Å²) in [6, 6.07) is 5.16. The molecule has 0 atom stereocenters. The Balaban J connectivity index is 2.10. The average Bonchev–Trinajstić information content (AvgIpc) is 2.92. The summed E-state index contributed by atoms with van der Waals surface area (Å²) < 4.78 is 26.8. The Morgan fingerprint density at radius 3 is 2.57 bits per heavy atom. The van der Waals surface area contributed by atoms with E-state index in [-0.39, 0.29) is 0 Å². The number of fused-ring (bicyclic) bond motifs is 1. The van der Waals surface area contributed by atoms with E-state index >= 15 is 0 Å². The standard InChI is InChI=1S/C13H15N7O2S/c1-19(2)11-6-9(18-23(3,21)22)4-5-10(11)20-8-16-12-13(17-20)15-7-14-12/h4-8,18H,1-3H3. The summed E-state index contributed by atoms with van der Waals surface area (Å²) >= 11 is 0. The number of aromatic nitrogens is 5. The van der Waals surface area contributed by atoms with Crippen molar-refractivity contribution >= 4 is 21.4 Å². The van der Waals surface area contributed by atoms with Crippen molar-refractivity contribution in [3.8, 4) is 17.3 Å². The zero-order valence-corrected chi connectivity index (χ0v) is 13.6. The van der Waals surface area contributed by atoms with Crippen LogP contribution in [0, 0.1) is 0 Å². The highest BCUT2D eigenvalue weighted by molar-refractivity contribution is 7.92. The lowest BCUT2D eigenvalue weighted by Gasteiger charge is -2.19. The summed E-state index contributed by atoms with van der Waals surface area (Å²) in [6.07, 6.45) is 4.06. The summed E-state index contributed by atoms with van der Waals surface area (Å²) in [6.45, 7) is 0. The molecule has 0 amide bonds. The van der Waals surface area contributed by atoms with Crippen molar-refractivity contribution in [2.45, 2.75) is 0 Å². The molecule has 1 aromatic carbocycles. The third kappa shape index (κ3) is 3.21. The highest BCUT2D eigenvalue weighted by Crippen LogP contribution is 2.27. The van der Waals surface area contributed by atoms with Gasteiger partial charge in [-0.3, -0.25) is 4.72 Å². The molecule has 23 heavy (non-hydrogen) atoms. The van der Waals surface area contributed by atoms with Gasteiger partial charge in [-0.15, -0.1) is 5.10 Å². The maximum Gasteiger partial charge on any atom is 0.229 e. The molecule has 2 aliphatic heterocycles. The summed E-state index contributed by atoms with van der Waals surface area (Å²) in [7, 11) is 0.378. The van der Waals surface area contributed by atoms with Crippen molar-refractivity contribution in [3.05, 3.63) is 30.9 Å². The third-order valence-electron chi connectivity index (χ3n) is 3.06. The molecule has 1 aromatic rings. The number of sulfonamides is 1. The molecule has 9 nitrogen and oxygen atoms in total. The number of benzene rings is 1. The minimum absolute atomic E-state index is 0.440. The highest BCUT2D eigenvalue weighted by Gasteiger charge is 2.14. The number of imidazole rings is 1. The second-order valence-corrected chi connectivity index (χ2v) is 6.93. The minimum Gasteiger partial charge on any atom is -0.376 e. The molecule has 0 aromatic heterocycles. The van der Waals surface area contributed by atoms with E-state index in [1.165, 1.54) is 6.33 Å². The molecule has 120 valence electrons. The van der Waals surface area contributed by atoms with Crippen molar-refractivity contribution in [2.24, 2.45) is 0 Å². The van der Waals surface area contributed by atoms with Gasteiger partial charge in [-0.1, -0.05) is 0 Å². The fourth-order valence-electron chi connectivity index (χ4n) is 2.12. The van der Waals surface area contributed by atoms with Crippen molar-refractivity contribution in [3.63, 3.8) is 0 Å². The predicted molar refractivity (Wildman–Crippen MR) is 86.4 cm³/mol. The van der Waals surface area contributed by atoms with Crippen LogP contribution < -0.4 is 9.62 Å². The maximum absolute atomic E-state index is 11.4. The van der Waals surface area contributed by atoms with E-state index in [1.807, 2.05) is 19.0 Å². The van der Waals surface area contributed by atoms with E-state index in [4.69, 9.17) is 0 Å². The number of hydrogen-bond acceptors (Lipinski definition) is 7. The van der Waals surface area contributed by atoms with Crippen molar-refractivity contribution in [2.75, 3.05) is 30.0 Å². The molecule has 0 aliphatic carbocycles. The zero-order chi connectivity index (χ0) is 16.6. The topological polar surface area (TPSA) is 106 Å². The molecule has 0 bridgehead atoms. The molecule has 0 saturated carbocycles. The van der Waals surface area contributed by atoms with E-state index in [9.17, 15) is 8.42 Å². The third-order valence-corrected chi connectivity index (χ3v) is 3.67. The largest absolute Gasteiger partial charge is 0.376 e. The monoisotopic (exact) mass is 333 g/mol. The first kappa shape index (κ1) is 15.2. The molecule has 3 rings (SSSR count). The molecule has 0 fully saturated rings. The summed E-state index contributed by atoms with van der Waals surface area (Å²) in [5.41, 5.74) is 1.99.